The van der Waals surface area contributed by atoms with Crippen LogP contribution in [0.5, 0.6) is 0 Å². The molecule has 2 rings (SSSR count). The molecule has 0 bridgehead atoms. The number of hydrogen-bond donors (Lipinski definition) is 1. The Morgan fingerprint density at radius 2 is 1.96 bits per heavy atom. The summed E-state index contributed by atoms with van der Waals surface area (Å²) in [6.45, 7) is 1.57. The number of halogens is 2. The number of hydrogen-bond acceptors (Lipinski definition) is 3. The molecule has 2 amide bonds. The van der Waals surface area contributed by atoms with Gasteiger partial charge >= 0.3 is 0 Å². The maximum absolute atomic E-state index is 13.1. The van der Waals surface area contributed by atoms with Gasteiger partial charge in [-0.2, -0.15) is 0 Å². The van der Waals surface area contributed by atoms with E-state index in [4.69, 9.17) is 11.6 Å². The zero-order chi connectivity index (χ0) is 16.8. The van der Waals surface area contributed by atoms with Gasteiger partial charge < -0.3 is 10.2 Å². The van der Waals surface area contributed by atoms with Crippen LogP contribution in [0.3, 0.4) is 0 Å². The molecule has 0 radical (unpaired) electrons. The Morgan fingerprint density at radius 1 is 1.26 bits per heavy atom. The van der Waals surface area contributed by atoms with Crippen molar-refractivity contribution in [2.45, 2.75) is 13.5 Å². The molecule has 0 aliphatic rings. The highest BCUT2D eigenvalue weighted by Gasteiger charge is 2.14. The average Bonchev–Trinajstić information content (AvgIpc) is 2.51. The lowest BCUT2D eigenvalue weighted by atomic mass is 10.2. The summed E-state index contributed by atoms with van der Waals surface area (Å²) >= 11 is 5.66. The first-order valence-electron chi connectivity index (χ1n) is 6.85. The molecule has 1 aromatic carbocycles. The third kappa shape index (κ3) is 5.03. The minimum atomic E-state index is -0.562. The normalized spacial score (nSPS) is 10.2. The number of nitrogens with one attached hydrogen (secondary N) is 1. The van der Waals surface area contributed by atoms with E-state index in [0.717, 1.165) is 11.6 Å². The number of anilines is 1. The fraction of sp³-hybridized carbons (Fsp3) is 0.188. The second kappa shape index (κ2) is 7.69. The van der Waals surface area contributed by atoms with Crippen LogP contribution in [0.25, 0.3) is 0 Å². The molecule has 0 unspecified atom stereocenters. The Labute approximate surface area is 138 Å². The summed E-state index contributed by atoms with van der Waals surface area (Å²) in [5.41, 5.74) is 1.24. The molecule has 0 saturated heterocycles. The van der Waals surface area contributed by atoms with E-state index in [1.165, 1.54) is 24.0 Å². The van der Waals surface area contributed by atoms with E-state index >= 15 is 0 Å². The largest absolute Gasteiger partial charge is 0.329 e. The van der Waals surface area contributed by atoms with Gasteiger partial charge in [-0.3, -0.25) is 14.6 Å². The summed E-state index contributed by atoms with van der Waals surface area (Å²) in [7, 11) is 0. The lowest BCUT2D eigenvalue weighted by Gasteiger charge is -2.20. The predicted molar refractivity (Wildman–Crippen MR) is 85.4 cm³/mol. The van der Waals surface area contributed by atoms with Gasteiger partial charge in [0.05, 0.1) is 5.02 Å². The highest BCUT2D eigenvalue weighted by molar-refractivity contribution is 6.31. The quantitative estimate of drug-likeness (QED) is 0.914. The van der Waals surface area contributed by atoms with Crippen molar-refractivity contribution >= 4 is 29.1 Å². The first kappa shape index (κ1) is 16.9. The number of amides is 2. The minimum absolute atomic E-state index is 0.0805. The molecular weight excluding hydrogens is 321 g/mol. The number of aromatic nitrogens is 1. The number of carbonyl (C=O) groups is 2. The second-order valence-electron chi connectivity index (χ2n) is 4.91. The maximum Gasteiger partial charge on any atom is 0.244 e. The molecule has 0 atom stereocenters. The standard InChI is InChI=1S/C16H15ClFN3O2/c1-11(22)21(9-12-4-6-19-7-5-12)10-16(23)20-13-2-3-15(18)14(17)8-13/h2-8H,9-10H2,1H3,(H,20,23). The van der Waals surface area contributed by atoms with Crippen LogP contribution >= 0.6 is 11.6 Å². The first-order chi connectivity index (χ1) is 11.0. The van der Waals surface area contributed by atoms with Crippen LogP contribution in [-0.4, -0.2) is 28.2 Å². The van der Waals surface area contributed by atoms with E-state index in [0.29, 0.717) is 12.2 Å². The lowest BCUT2D eigenvalue weighted by molar-refractivity contribution is -0.133. The summed E-state index contributed by atoms with van der Waals surface area (Å²) in [5.74, 6) is -1.18. The molecule has 1 heterocycles. The van der Waals surface area contributed by atoms with Crippen molar-refractivity contribution in [1.29, 1.82) is 0 Å². The molecule has 1 N–H and O–H groups in total. The molecule has 23 heavy (non-hydrogen) atoms. The zero-order valence-corrected chi connectivity index (χ0v) is 13.2. The number of benzene rings is 1. The molecule has 120 valence electrons. The first-order valence-corrected chi connectivity index (χ1v) is 7.23. The van der Waals surface area contributed by atoms with Crippen molar-refractivity contribution in [2.24, 2.45) is 0 Å². The summed E-state index contributed by atoms with van der Waals surface area (Å²) in [5, 5.41) is 2.50. The third-order valence-corrected chi connectivity index (χ3v) is 3.40. The monoisotopic (exact) mass is 335 g/mol. The van der Waals surface area contributed by atoms with E-state index in [-0.39, 0.29) is 17.5 Å². The van der Waals surface area contributed by atoms with Crippen LogP contribution in [0, 0.1) is 5.82 Å². The van der Waals surface area contributed by atoms with Gasteiger partial charge in [0.2, 0.25) is 11.8 Å². The molecule has 2 aromatic rings. The molecule has 0 aliphatic heterocycles. The van der Waals surface area contributed by atoms with Gasteiger partial charge in [-0.15, -0.1) is 0 Å². The third-order valence-electron chi connectivity index (χ3n) is 3.11. The Balaban J connectivity index is 2.00. The van der Waals surface area contributed by atoms with E-state index in [9.17, 15) is 14.0 Å². The lowest BCUT2D eigenvalue weighted by Crippen LogP contribution is -2.36. The minimum Gasteiger partial charge on any atom is -0.329 e. The van der Waals surface area contributed by atoms with Crippen molar-refractivity contribution in [1.82, 2.24) is 9.88 Å². The van der Waals surface area contributed by atoms with Crippen LogP contribution < -0.4 is 5.32 Å². The predicted octanol–water partition coefficient (Wildman–Crippen LogP) is 2.86. The molecular formula is C16H15ClFN3O2. The highest BCUT2D eigenvalue weighted by Crippen LogP contribution is 2.19. The van der Waals surface area contributed by atoms with Gasteiger partial charge in [0.15, 0.2) is 0 Å². The Hall–Kier alpha value is -2.47. The maximum atomic E-state index is 13.1. The van der Waals surface area contributed by atoms with Crippen molar-refractivity contribution in [2.75, 3.05) is 11.9 Å². The average molecular weight is 336 g/mol. The second-order valence-corrected chi connectivity index (χ2v) is 5.31. The molecule has 5 nitrogen and oxygen atoms in total. The highest BCUT2D eigenvalue weighted by atomic mass is 35.5. The fourth-order valence-electron chi connectivity index (χ4n) is 1.93. The van der Waals surface area contributed by atoms with Crippen LogP contribution in [-0.2, 0) is 16.1 Å². The molecule has 0 saturated carbocycles. The molecule has 7 heteroatoms. The SMILES string of the molecule is CC(=O)N(CC(=O)Nc1ccc(F)c(Cl)c1)Cc1ccncc1. The summed E-state index contributed by atoms with van der Waals surface area (Å²) in [6.07, 6.45) is 3.24. The van der Waals surface area contributed by atoms with Crippen molar-refractivity contribution < 1.29 is 14.0 Å². The Bertz CT molecular complexity index is 710. The Kier molecular flexibility index (Phi) is 5.65. The molecule has 1 aromatic heterocycles. The van der Waals surface area contributed by atoms with E-state index in [1.54, 1.807) is 24.5 Å². The zero-order valence-electron chi connectivity index (χ0n) is 12.4. The van der Waals surface area contributed by atoms with E-state index in [1.807, 2.05) is 0 Å². The number of carbonyl (C=O) groups excluding carboxylic acids is 2. The van der Waals surface area contributed by atoms with E-state index in [2.05, 4.69) is 10.3 Å². The van der Waals surface area contributed by atoms with Gasteiger partial charge in [-0.1, -0.05) is 11.6 Å². The van der Waals surface area contributed by atoms with Crippen LogP contribution in [0.1, 0.15) is 12.5 Å². The van der Waals surface area contributed by atoms with Gasteiger partial charge in [0.1, 0.15) is 12.4 Å². The fourth-order valence-corrected chi connectivity index (χ4v) is 2.12. The van der Waals surface area contributed by atoms with Crippen molar-refractivity contribution in [3.63, 3.8) is 0 Å². The van der Waals surface area contributed by atoms with Crippen LogP contribution in [0.15, 0.2) is 42.7 Å². The van der Waals surface area contributed by atoms with Gasteiger partial charge in [0.25, 0.3) is 0 Å². The number of pyridine rings is 1. The van der Waals surface area contributed by atoms with Crippen molar-refractivity contribution in [3.8, 4) is 0 Å². The number of nitrogens with zero attached hydrogens (tertiary/aromatic N) is 2. The Morgan fingerprint density at radius 3 is 2.57 bits per heavy atom. The van der Waals surface area contributed by atoms with Crippen LogP contribution in [0.4, 0.5) is 10.1 Å². The topological polar surface area (TPSA) is 62.3 Å². The van der Waals surface area contributed by atoms with E-state index < -0.39 is 11.7 Å². The summed E-state index contributed by atoms with van der Waals surface area (Å²) in [6, 6.07) is 7.43. The number of rotatable bonds is 5. The summed E-state index contributed by atoms with van der Waals surface area (Å²) < 4.78 is 13.1. The van der Waals surface area contributed by atoms with Gasteiger partial charge in [-0.05, 0) is 35.9 Å². The molecule has 0 spiro atoms. The summed E-state index contributed by atoms with van der Waals surface area (Å²) in [4.78, 5) is 29.1. The molecule has 0 fully saturated rings. The van der Waals surface area contributed by atoms with Gasteiger partial charge in [-0.25, -0.2) is 4.39 Å². The van der Waals surface area contributed by atoms with Crippen molar-refractivity contribution in [3.05, 3.63) is 59.1 Å². The smallest absolute Gasteiger partial charge is 0.244 e. The van der Waals surface area contributed by atoms with Crippen LogP contribution in [0.2, 0.25) is 5.02 Å². The molecule has 0 aliphatic carbocycles. The van der Waals surface area contributed by atoms with Gasteiger partial charge in [0, 0.05) is 31.5 Å².